The Bertz CT molecular complexity index is 1040. The van der Waals surface area contributed by atoms with Gasteiger partial charge in [0.15, 0.2) is 0 Å². The van der Waals surface area contributed by atoms with Gasteiger partial charge in [-0.3, -0.25) is 9.69 Å². The number of carbonyl (C=O) groups excluding carboxylic acids is 2. The van der Waals surface area contributed by atoms with Gasteiger partial charge in [0.25, 0.3) is 5.91 Å². The van der Waals surface area contributed by atoms with Crippen molar-refractivity contribution in [3.05, 3.63) is 74.9 Å². The number of hydrogen-bond acceptors (Lipinski definition) is 4. The molecule has 1 amide bonds. The van der Waals surface area contributed by atoms with E-state index in [1.165, 1.54) is 4.90 Å². The van der Waals surface area contributed by atoms with Crippen molar-refractivity contribution >= 4 is 46.8 Å². The lowest BCUT2D eigenvalue weighted by atomic mass is 10.0. The van der Waals surface area contributed by atoms with Gasteiger partial charge >= 0.3 is 5.97 Å². The lowest BCUT2D eigenvalue weighted by Gasteiger charge is -2.18. The number of hydrogen-bond donors (Lipinski definition) is 0. The van der Waals surface area contributed by atoms with E-state index in [0.29, 0.717) is 39.3 Å². The molecule has 0 spiro atoms. The number of esters is 1. The maximum atomic E-state index is 13.3. The van der Waals surface area contributed by atoms with E-state index < -0.39 is 5.97 Å². The molecule has 0 bridgehead atoms. The number of halogens is 2. The van der Waals surface area contributed by atoms with E-state index in [1.54, 1.807) is 62.4 Å². The molecule has 0 aliphatic carbocycles. The first-order valence-electron chi connectivity index (χ1n) is 9.50. The standard InChI is InChI=1S/C23H21Cl2NO4/c1-4-29-17-11-9-16(10-12-17)26-14(3)20(23(28)30-5-2)18(22(26)27)13-15-7-6-8-19(24)21(15)25/h6-13H,4-5H2,1-3H3/b18-13-. The number of nitrogens with zero attached hydrogens (tertiary/aromatic N) is 1. The van der Waals surface area contributed by atoms with Crippen molar-refractivity contribution in [1.29, 1.82) is 0 Å². The summed E-state index contributed by atoms with van der Waals surface area (Å²) < 4.78 is 10.7. The second kappa shape index (κ2) is 9.37. The van der Waals surface area contributed by atoms with E-state index in [2.05, 4.69) is 0 Å². The minimum Gasteiger partial charge on any atom is -0.494 e. The van der Waals surface area contributed by atoms with Gasteiger partial charge in [0, 0.05) is 11.4 Å². The van der Waals surface area contributed by atoms with Crippen LogP contribution in [0, 0.1) is 0 Å². The van der Waals surface area contributed by atoms with Crippen molar-refractivity contribution < 1.29 is 19.1 Å². The lowest BCUT2D eigenvalue weighted by molar-refractivity contribution is -0.138. The van der Waals surface area contributed by atoms with E-state index in [4.69, 9.17) is 32.7 Å². The van der Waals surface area contributed by atoms with Gasteiger partial charge < -0.3 is 9.47 Å². The Kier molecular flexibility index (Phi) is 6.85. The van der Waals surface area contributed by atoms with Gasteiger partial charge in [0.05, 0.1) is 34.4 Å². The third kappa shape index (κ3) is 4.23. The van der Waals surface area contributed by atoms with Crippen LogP contribution in [0.2, 0.25) is 10.0 Å². The molecule has 30 heavy (non-hydrogen) atoms. The Balaban J connectivity index is 2.10. The van der Waals surface area contributed by atoms with E-state index in [0.717, 1.165) is 0 Å². The molecule has 0 atom stereocenters. The fourth-order valence-corrected chi connectivity index (χ4v) is 3.60. The Hall–Kier alpha value is -2.76. The van der Waals surface area contributed by atoms with Gasteiger partial charge in [-0.15, -0.1) is 0 Å². The van der Waals surface area contributed by atoms with Crippen molar-refractivity contribution in [2.75, 3.05) is 18.1 Å². The summed E-state index contributed by atoms with van der Waals surface area (Å²) >= 11 is 12.4. The Labute approximate surface area is 185 Å². The van der Waals surface area contributed by atoms with Crippen molar-refractivity contribution in [2.45, 2.75) is 20.8 Å². The summed E-state index contributed by atoms with van der Waals surface area (Å²) in [6.45, 7) is 6.06. The number of anilines is 1. The first kappa shape index (κ1) is 21.9. The number of benzene rings is 2. The van der Waals surface area contributed by atoms with Crippen LogP contribution in [0.5, 0.6) is 5.75 Å². The predicted octanol–water partition coefficient (Wildman–Crippen LogP) is 5.66. The van der Waals surface area contributed by atoms with Crippen LogP contribution in [-0.2, 0) is 14.3 Å². The summed E-state index contributed by atoms with van der Waals surface area (Å²) in [5.41, 5.74) is 2.03. The van der Waals surface area contributed by atoms with E-state index in [-0.39, 0.29) is 23.7 Å². The molecule has 5 nitrogen and oxygen atoms in total. The van der Waals surface area contributed by atoms with Crippen molar-refractivity contribution in [3.63, 3.8) is 0 Å². The smallest absolute Gasteiger partial charge is 0.340 e. The summed E-state index contributed by atoms with van der Waals surface area (Å²) in [6, 6.07) is 12.2. The molecule has 0 saturated carbocycles. The minimum absolute atomic E-state index is 0.193. The SMILES string of the molecule is CCOC(=O)C1=C(C)N(c2ccc(OCC)cc2)C(=O)/C1=C\c1cccc(Cl)c1Cl. The monoisotopic (exact) mass is 445 g/mol. The summed E-state index contributed by atoms with van der Waals surface area (Å²) in [5.74, 6) is -0.224. The highest BCUT2D eigenvalue weighted by Gasteiger charge is 2.38. The highest BCUT2D eigenvalue weighted by molar-refractivity contribution is 6.43. The zero-order valence-electron chi connectivity index (χ0n) is 16.9. The Morgan fingerprint density at radius 1 is 1.07 bits per heavy atom. The second-order valence-electron chi connectivity index (χ2n) is 6.45. The van der Waals surface area contributed by atoms with Crippen LogP contribution in [0.1, 0.15) is 26.3 Å². The largest absolute Gasteiger partial charge is 0.494 e. The molecule has 7 heteroatoms. The molecule has 0 aromatic heterocycles. The molecule has 0 unspecified atom stereocenters. The zero-order valence-corrected chi connectivity index (χ0v) is 18.4. The number of ether oxygens (including phenoxy) is 2. The van der Waals surface area contributed by atoms with Gasteiger partial charge in [-0.25, -0.2) is 4.79 Å². The quantitative estimate of drug-likeness (QED) is 0.425. The highest BCUT2D eigenvalue weighted by Crippen LogP contribution is 2.37. The maximum absolute atomic E-state index is 13.3. The molecule has 1 aliphatic rings. The third-order valence-electron chi connectivity index (χ3n) is 4.57. The molecule has 0 N–H and O–H groups in total. The molecule has 2 aromatic rings. The average molecular weight is 446 g/mol. The Morgan fingerprint density at radius 3 is 2.40 bits per heavy atom. The normalized spacial score (nSPS) is 15.2. The van der Waals surface area contributed by atoms with Crippen LogP contribution in [-0.4, -0.2) is 25.1 Å². The van der Waals surface area contributed by atoms with Gasteiger partial charge in [-0.1, -0.05) is 35.3 Å². The van der Waals surface area contributed by atoms with E-state index in [1.807, 2.05) is 6.92 Å². The fourth-order valence-electron chi connectivity index (χ4n) is 3.24. The molecular weight excluding hydrogens is 425 g/mol. The summed E-state index contributed by atoms with van der Waals surface area (Å²) in [6.07, 6.45) is 1.57. The molecule has 3 rings (SSSR count). The van der Waals surface area contributed by atoms with E-state index >= 15 is 0 Å². The van der Waals surface area contributed by atoms with Crippen LogP contribution >= 0.6 is 23.2 Å². The summed E-state index contributed by atoms with van der Waals surface area (Å²) in [5, 5.41) is 0.665. The van der Waals surface area contributed by atoms with Crippen molar-refractivity contribution in [2.24, 2.45) is 0 Å². The highest BCUT2D eigenvalue weighted by atomic mass is 35.5. The summed E-state index contributed by atoms with van der Waals surface area (Å²) in [4.78, 5) is 27.5. The van der Waals surface area contributed by atoms with Crippen LogP contribution < -0.4 is 9.64 Å². The Morgan fingerprint density at radius 2 is 1.77 bits per heavy atom. The maximum Gasteiger partial charge on any atom is 0.340 e. The summed E-state index contributed by atoms with van der Waals surface area (Å²) in [7, 11) is 0. The molecule has 156 valence electrons. The number of carbonyl (C=O) groups is 2. The van der Waals surface area contributed by atoms with Crippen LogP contribution in [0.3, 0.4) is 0 Å². The minimum atomic E-state index is -0.568. The molecule has 0 radical (unpaired) electrons. The number of rotatable bonds is 6. The molecule has 2 aromatic carbocycles. The van der Waals surface area contributed by atoms with Gasteiger partial charge in [0.1, 0.15) is 5.75 Å². The fraction of sp³-hybridized carbons (Fsp3) is 0.217. The van der Waals surface area contributed by atoms with Crippen LogP contribution in [0.25, 0.3) is 6.08 Å². The van der Waals surface area contributed by atoms with Crippen LogP contribution in [0.15, 0.2) is 59.3 Å². The van der Waals surface area contributed by atoms with Crippen molar-refractivity contribution in [1.82, 2.24) is 0 Å². The molecular formula is C23H21Cl2NO4. The van der Waals surface area contributed by atoms with Gasteiger partial charge in [-0.2, -0.15) is 0 Å². The molecule has 1 aliphatic heterocycles. The number of amides is 1. The topological polar surface area (TPSA) is 55.8 Å². The third-order valence-corrected chi connectivity index (χ3v) is 5.40. The second-order valence-corrected chi connectivity index (χ2v) is 7.23. The first-order valence-corrected chi connectivity index (χ1v) is 10.3. The molecule has 1 heterocycles. The number of allylic oxidation sites excluding steroid dienone is 1. The van der Waals surface area contributed by atoms with Gasteiger partial charge in [-0.05, 0) is 62.7 Å². The first-order chi connectivity index (χ1) is 14.4. The molecule has 0 fully saturated rings. The lowest BCUT2D eigenvalue weighted by Crippen LogP contribution is -2.24. The molecule has 0 saturated heterocycles. The predicted molar refractivity (Wildman–Crippen MR) is 119 cm³/mol. The zero-order chi connectivity index (χ0) is 21.8. The van der Waals surface area contributed by atoms with Crippen molar-refractivity contribution in [3.8, 4) is 5.75 Å². The van der Waals surface area contributed by atoms with Crippen LogP contribution in [0.4, 0.5) is 5.69 Å². The van der Waals surface area contributed by atoms with E-state index in [9.17, 15) is 9.59 Å². The average Bonchev–Trinajstić information content (AvgIpc) is 2.96. The van der Waals surface area contributed by atoms with Gasteiger partial charge in [0.2, 0.25) is 0 Å².